The molecule has 192 valence electrons. The molecule has 0 aliphatic rings. The maximum atomic E-state index is 13.6. The molecule has 6 heteroatoms. The number of thiophene rings is 1. The third-order valence-electron chi connectivity index (χ3n) is 6.16. The van der Waals surface area contributed by atoms with E-state index in [9.17, 15) is 9.59 Å². The van der Waals surface area contributed by atoms with Crippen LogP contribution in [0.15, 0.2) is 66.7 Å². The second kappa shape index (κ2) is 14.6. The van der Waals surface area contributed by atoms with Crippen LogP contribution in [0.3, 0.4) is 0 Å². The van der Waals surface area contributed by atoms with E-state index in [-0.39, 0.29) is 18.4 Å². The number of rotatable bonds is 14. The third kappa shape index (κ3) is 8.61. The van der Waals surface area contributed by atoms with Crippen molar-refractivity contribution in [2.45, 2.75) is 52.6 Å². The summed E-state index contributed by atoms with van der Waals surface area (Å²) >= 11 is 1.69. The van der Waals surface area contributed by atoms with E-state index in [1.54, 1.807) is 23.3 Å². The molecule has 2 amide bonds. The number of methoxy groups -OCH3 is 1. The zero-order valence-electron chi connectivity index (χ0n) is 21.7. The SMILES string of the molecule is CCCCCc1ccc(C(=O)N(CCOC)CC(=O)N(Cc2ccccc2)Cc2ccc(C)s2)cc1. The number of amides is 2. The summed E-state index contributed by atoms with van der Waals surface area (Å²) in [6, 6.07) is 21.9. The van der Waals surface area contributed by atoms with Crippen molar-refractivity contribution in [1.82, 2.24) is 9.80 Å². The lowest BCUT2D eigenvalue weighted by Gasteiger charge is -2.27. The maximum absolute atomic E-state index is 13.6. The van der Waals surface area contributed by atoms with Gasteiger partial charge in [-0.3, -0.25) is 9.59 Å². The number of carbonyl (C=O) groups is 2. The molecule has 3 aromatic rings. The van der Waals surface area contributed by atoms with E-state index >= 15 is 0 Å². The predicted octanol–water partition coefficient (Wildman–Crippen LogP) is 6.11. The van der Waals surface area contributed by atoms with Crippen LogP contribution in [0.25, 0.3) is 0 Å². The quantitative estimate of drug-likeness (QED) is 0.248. The average Bonchev–Trinajstić information content (AvgIpc) is 3.31. The minimum atomic E-state index is -0.146. The summed E-state index contributed by atoms with van der Waals surface area (Å²) in [5.74, 6) is -0.224. The highest BCUT2D eigenvalue weighted by molar-refractivity contribution is 7.11. The largest absolute Gasteiger partial charge is 0.383 e. The van der Waals surface area contributed by atoms with E-state index in [1.807, 2.05) is 59.5 Å². The van der Waals surface area contributed by atoms with Crippen LogP contribution in [0.1, 0.15) is 57.4 Å². The summed E-state index contributed by atoms with van der Waals surface area (Å²) in [6.07, 6.45) is 4.56. The lowest BCUT2D eigenvalue weighted by Crippen LogP contribution is -2.43. The van der Waals surface area contributed by atoms with Gasteiger partial charge in [0.25, 0.3) is 5.91 Å². The van der Waals surface area contributed by atoms with Crippen LogP contribution < -0.4 is 0 Å². The normalized spacial score (nSPS) is 10.9. The molecule has 5 nitrogen and oxygen atoms in total. The van der Waals surface area contributed by atoms with E-state index < -0.39 is 0 Å². The van der Waals surface area contributed by atoms with Gasteiger partial charge in [-0.25, -0.2) is 0 Å². The Morgan fingerprint density at radius 3 is 2.25 bits per heavy atom. The van der Waals surface area contributed by atoms with Gasteiger partial charge in [-0.15, -0.1) is 11.3 Å². The molecule has 0 spiro atoms. The highest BCUT2D eigenvalue weighted by Gasteiger charge is 2.23. The van der Waals surface area contributed by atoms with E-state index in [4.69, 9.17) is 4.74 Å². The minimum Gasteiger partial charge on any atom is -0.383 e. The topological polar surface area (TPSA) is 49.9 Å². The summed E-state index contributed by atoms with van der Waals surface area (Å²) in [5, 5.41) is 0. The Labute approximate surface area is 219 Å². The number of carbonyl (C=O) groups excluding carboxylic acids is 2. The second-order valence-corrected chi connectivity index (χ2v) is 10.5. The number of hydrogen-bond acceptors (Lipinski definition) is 4. The molecular formula is C30H38N2O3S. The number of benzene rings is 2. The second-order valence-electron chi connectivity index (χ2n) is 9.12. The third-order valence-corrected chi connectivity index (χ3v) is 7.15. The van der Waals surface area contributed by atoms with E-state index in [0.29, 0.717) is 31.8 Å². The Bertz CT molecular complexity index is 1080. The van der Waals surface area contributed by atoms with Crippen LogP contribution in [0.2, 0.25) is 0 Å². The molecule has 36 heavy (non-hydrogen) atoms. The van der Waals surface area contributed by atoms with Crippen LogP contribution >= 0.6 is 11.3 Å². The van der Waals surface area contributed by atoms with Gasteiger partial charge >= 0.3 is 0 Å². The molecule has 0 radical (unpaired) electrons. The molecule has 0 saturated carbocycles. The van der Waals surface area contributed by atoms with Crippen molar-refractivity contribution in [3.8, 4) is 0 Å². The summed E-state index contributed by atoms with van der Waals surface area (Å²) in [5.41, 5.74) is 2.90. The lowest BCUT2D eigenvalue weighted by atomic mass is 10.0. The summed E-state index contributed by atoms with van der Waals surface area (Å²) in [6.45, 7) is 6.02. The molecule has 0 atom stereocenters. The smallest absolute Gasteiger partial charge is 0.254 e. The van der Waals surface area contributed by atoms with Gasteiger partial charge in [-0.1, -0.05) is 62.2 Å². The molecule has 0 N–H and O–H groups in total. The van der Waals surface area contributed by atoms with Crippen LogP contribution in [0.5, 0.6) is 0 Å². The average molecular weight is 507 g/mol. The summed E-state index contributed by atoms with van der Waals surface area (Å²) in [7, 11) is 1.61. The maximum Gasteiger partial charge on any atom is 0.254 e. The van der Waals surface area contributed by atoms with Gasteiger partial charge in [0.05, 0.1) is 13.2 Å². The van der Waals surface area contributed by atoms with Gasteiger partial charge in [0.1, 0.15) is 6.54 Å². The molecule has 2 aromatic carbocycles. The van der Waals surface area contributed by atoms with Gasteiger partial charge in [0.15, 0.2) is 0 Å². The molecule has 0 saturated heterocycles. The molecule has 1 aromatic heterocycles. The van der Waals surface area contributed by atoms with Crippen molar-refractivity contribution in [2.24, 2.45) is 0 Å². The molecule has 0 unspecified atom stereocenters. The number of ether oxygens (including phenoxy) is 1. The first kappa shape index (κ1) is 27.6. The minimum absolute atomic E-state index is 0.0115. The Hall–Kier alpha value is -2.96. The highest BCUT2D eigenvalue weighted by atomic mass is 32.1. The Balaban J connectivity index is 1.74. The van der Waals surface area contributed by atoms with Gasteiger partial charge in [0, 0.05) is 35.5 Å². The Kier molecular flexibility index (Phi) is 11.2. The number of nitrogens with zero attached hydrogens (tertiary/aromatic N) is 2. The molecule has 0 fully saturated rings. The van der Waals surface area contributed by atoms with E-state index in [2.05, 4.69) is 26.0 Å². The van der Waals surface area contributed by atoms with E-state index in [1.165, 1.54) is 23.3 Å². The van der Waals surface area contributed by atoms with Gasteiger partial charge in [-0.2, -0.15) is 0 Å². The van der Waals surface area contributed by atoms with Crippen LogP contribution in [-0.4, -0.2) is 48.4 Å². The number of hydrogen-bond donors (Lipinski definition) is 0. The van der Waals surface area contributed by atoms with Crippen LogP contribution in [-0.2, 0) is 29.0 Å². The first-order chi connectivity index (χ1) is 17.5. The first-order valence-electron chi connectivity index (χ1n) is 12.7. The highest BCUT2D eigenvalue weighted by Crippen LogP contribution is 2.19. The monoisotopic (exact) mass is 506 g/mol. The van der Waals surface area contributed by atoms with Gasteiger partial charge < -0.3 is 14.5 Å². The Morgan fingerprint density at radius 2 is 1.61 bits per heavy atom. The number of aryl methyl sites for hydroxylation is 2. The molecule has 3 rings (SSSR count). The van der Waals surface area contributed by atoms with Crippen molar-refractivity contribution in [1.29, 1.82) is 0 Å². The first-order valence-corrected chi connectivity index (χ1v) is 13.6. The molecule has 0 aliphatic carbocycles. The van der Waals surface area contributed by atoms with Crippen molar-refractivity contribution in [3.05, 3.63) is 93.2 Å². The molecular weight excluding hydrogens is 468 g/mol. The fourth-order valence-electron chi connectivity index (χ4n) is 4.09. The van der Waals surface area contributed by atoms with E-state index in [0.717, 1.165) is 23.3 Å². The molecule has 0 aliphatic heterocycles. The Morgan fingerprint density at radius 1 is 0.861 bits per heavy atom. The van der Waals surface area contributed by atoms with Crippen molar-refractivity contribution in [2.75, 3.05) is 26.8 Å². The van der Waals surface area contributed by atoms with Gasteiger partial charge in [0.2, 0.25) is 5.91 Å². The number of unbranched alkanes of at least 4 members (excludes halogenated alkanes) is 2. The standard InChI is InChI=1S/C30H38N2O3S/c1-4-5-7-10-25-14-16-27(17-15-25)30(34)31(19-20-35-3)23-29(33)32(21-26-11-8-6-9-12-26)22-28-18-13-24(2)36-28/h6,8-9,11-18H,4-5,7,10,19-23H2,1-3H3. The van der Waals surface area contributed by atoms with Crippen molar-refractivity contribution < 1.29 is 14.3 Å². The summed E-state index contributed by atoms with van der Waals surface area (Å²) in [4.78, 5) is 32.8. The molecule has 1 heterocycles. The zero-order valence-corrected chi connectivity index (χ0v) is 22.6. The van der Waals surface area contributed by atoms with Crippen LogP contribution in [0, 0.1) is 6.92 Å². The van der Waals surface area contributed by atoms with Crippen LogP contribution in [0.4, 0.5) is 0 Å². The van der Waals surface area contributed by atoms with Gasteiger partial charge in [-0.05, 0) is 55.2 Å². The van der Waals surface area contributed by atoms with Crippen molar-refractivity contribution >= 4 is 23.2 Å². The predicted molar refractivity (Wildman–Crippen MR) is 147 cm³/mol. The van der Waals surface area contributed by atoms with Crippen molar-refractivity contribution in [3.63, 3.8) is 0 Å². The fraction of sp³-hybridized carbons (Fsp3) is 0.400. The summed E-state index contributed by atoms with van der Waals surface area (Å²) < 4.78 is 5.25. The lowest BCUT2D eigenvalue weighted by molar-refractivity contribution is -0.133. The fourth-order valence-corrected chi connectivity index (χ4v) is 4.99. The molecule has 0 bridgehead atoms. The zero-order chi connectivity index (χ0) is 25.8.